The number of amides is 1. The van der Waals surface area contributed by atoms with Gasteiger partial charge in [0.25, 0.3) is 5.56 Å². The van der Waals surface area contributed by atoms with Gasteiger partial charge in [0.1, 0.15) is 18.1 Å². The second-order valence-corrected chi connectivity index (χ2v) is 6.28. The van der Waals surface area contributed by atoms with Gasteiger partial charge in [0.05, 0.1) is 12.1 Å². The number of nitrogens with zero attached hydrogens (tertiary/aromatic N) is 2. The lowest BCUT2D eigenvalue weighted by Gasteiger charge is -2.25. The number of β-amino-alcohol motifs (C(OH)–C–C–N with tert-alkyl or cyclic N) is 1. The molecule has 0 radical (unpaired) electrons. The van der Waals surface area contributed by atoms with Gasteiger partial charge in [-0.2, -0.15) is 0 Å². The predicted octanol–water partition coefficient (Wildman–Crippen LogP) is 1.34. The van der Waals surface area contributed by atoms with Crippen molar-refractivity contribution in [3.05, 3.63) is 63.8 Å². The van der Waals surface area contributed by atoms with E-state index in [4.69, 9.17) is 0 Å². The number of aryl methyl sites for hydroxylation is 1. The molecule has 3 rings (SSSR count). The fourth-order valence-corrected chi connectivity index (χ4v) is 3.23. The zero-order valence-electron chi connectivity index (χ0n) is 13.7. The summed E-state index contributed by atoms with van der Waals surface area (Å²) in [6.07, 6.45) is -0.308. The number of pyridine rings is 1. The number of hydrogen-bond acceptors (Lipinski definition) is 4. The first kappa shape index (κ1) is 17.2. The van der Waals surface area contributed by atoms with Gasteiger partial charge in [-0.1, -0.05) is 12.1 Å². The van der Waals surface area contributed by atoms with E-state index in [2.05, 4.69) is 0 Å². The Morgan fingerprint density at radius 1 is 1.28 bits per heavy atom. The number of aliphatic hydroxyl groups excluding tert-OH is 1. The molecule has 0 bridgehead atoms. The SMILES string of the molecule is Cc1cc(O)cc(=O)n1CC(=O)N1C[C@@H](O)C[C@H]1c1ccc(F)cc1. The van der Waals surface area contributed by atoms with Crippen molar-refractivity contribution in [3.8, 4) is 5.75 Å². The van der Waals surface area contributed by atoms with Gasteiger partial charge in [-0.15, -0.1) is 0 Å². The second-order valence-electron chi connectivity index (χ2n) is 6.28. The molecule has 2 aromatic rings. The molecule has 132 valence electrons. The van der Waals surface area contributed by atoms with Crippen molar-refractivity contribution in [1.29, 1.82) is 0 Å². The summed E-state index contributed by atoms with van der Waals surface area (Å²) in [6, 6.07) is 7.92. The summed E-state index contributed by atoms with van der Waals surface area (Å²) in [7, 11) is 0. The number of hydrogen-bond donors (Lipinski definition) is 2. The number of aromatic hydroxyl groups is 1. The highest BCUT2D eigenvalue weighted by Gasteiger charge is 2.35. The third kappa shape index (κ3) is 3.56. The van der Waals surface area contributed by atoms with Gasteiger partial charge in [0.15, 0.2) is 0 Å². The van der Waals surface area contributed by atoms with E-state index in [1.807, 2.05) is 0 Å². The van der Waals surface area contributed by atoms with Crippen molar-refractivity contribution in [2.45, 2.75) is 32.0 Å². The molecule has 1 fully saturated rings. The minimum Gasteiger partial charge on any atom is -0.508 e. The Kier molecular flexibility index (Phi) is 4.59. The predicted molar refractivity (Wildman–Crippen MR) is 88.6 cm³/mol. The summed E-state index contributed by atoms with van der Waals surface area (Å²) >= 11 is 0. The number of carbonyl (C=O) groups excluding carboxylic acids is 1. The van der Waals surface area contributed by atoms with Crippen molar-refractivity contribution in [2.75, 3.05) is 6.54 Å². The lowest BCUT2D eigenvalue weighted by atomic mass is 10.0. The van der Waals surface area contributed by atoms with E-state index in [0.29, 0.717) is 12.1 Å². The Morgan fingerprint density at radius 3 is 2.60 bits per heavy atom. The average molecular weight is 346 g/mol. The molecule has 7 heteroatoms. The Labute approximate surface area is 143 Å². The molecule has 2 heterocycles. The molecule has 1 aliphatic rings. The fourth-order valence-electron chi connectivity index (χ4n) is 3.23. The van der Waals surface area contributed by atoms with E-state index in [1.165, 1.54) is 27.7 Å². The standard InChI is InChI=1S/C18H19FN2O4/c1-11-6-14(22)8-17(24)20(11)10-18(25)21-9-15(23)7-16(21)12-2-4-13(19)5-3-12/h2-6,8,15-16,22-23H,7,9-10H2,1H3/t15-,16-/m0/s1. The molecule has 2 atom stereocenters. The van der Waals surface area contributed by atoms with Gasteiger partial charge in [0.2, 0.25) is 5.91 Å². The summed E-state index contributed by atoms with van der Waals surface area (Å²) in [5.74, 6) is -0.833. The van der Waals surface area contributed by atoms with Crippen LogP contribution >= 0.6 is 0 Å². The maximum absolute atomic E-state index is 13.1. The van der Waals surface area contributed by atoms with Crippen molar-refractivity contribution >= 4 is 5.91 Å². The van der Waals surface area contributed by atoms with Crippen LogP contribution in [0.15, 0.2) is 41.2 Å². The van der Waals surface area contributed by atoms with Crippen LogP contribution in [0.1, 0.15) is 23.7 Å². The third-order valence-electron chi connectivity index (χ3n) is 4.47. The maximum atomic E-state index is 13.1. The molecule has 1 aliphatic heterocycles. The molecule has 1 aromatic carbocycles. The van der Waals surface area contributed by atoms with Crippen LogP contribution in [-0.4, -0.2) is 38.2 Å². The monoisotopic (exact) mass is 346 g/mol. The van der Waals surface area contributed by atoms with Crippen LogP contribution in [-0.2, 0) is 11.3 Å². The van der Waals surface area contributed by atoms with Gasteiger partial charge < -0.3 is 19.7 Å². The average Bonchev–Trinajstić information content (AvgIpc) is 2.93. The van der Waals surface area contributed by atoms with Crippen molar-refractivity contribution in [3.63, 3.8) is 0 Å². The molecule has 1 amide bonds. The largest absolute Gasteiger partial charge is 0.508 e. The second kappa shape index (κ2) is 6.68. The van der Waals surface area contributed by atoms with Crippen molar-refractivity contribution < 1.29 is 19.4 Å². The van der Waals surface area contributed by atoms with Gasteiger partial charge in [-0.05, 0) is 37.1 Å². The molecule has 6 nitrogen and oxygen atoms in total. The number of aromatic nitrogens is 1. The molecular weight excluding hydrogens is 327 g/mol. The summed E-state index contributed by atoms with van der Waals surface area (Å²) in [6.45, 7) is 1.60. The number of halogens is 1. The normalized spacial score (nSPS) is 20.0. The Balaban J connectivity index is 1.85. The molecule has 1 saturated heterocycles. The van der Waals surface area contributed by atoms with Crippen LogP contribution in [0.2, 0.25) is 0 Å². The van der Waals surface area contributed by atoms with Gasteiger partial charge in [-0.3, -0.25) is 9.59 Å². The van der Waals surface area contributed by atoms with Gasteiger partial charge in [0, 0.05) is 18.3 Å². The topological polar surface area (TPSA) is 82.8 Å². The van der Waals surface area contributed by atoms with E-state index in [-0.39, 0.29) is 36.6 Å². The minimum absolute atomic E-state index is 0.146. The maximum Gasteiger partial charge on any atom is 0.254 e. The molecule has 0 saturated carbocycles. The number of benzene rings is 1. The molecular formula is C18H19FN2O4. The van der Waals surface area contributed by atoms with Crippen LogP contribution < -0.4 is 5.56 Å². The van der Waals surface area contributed by atoms with E-state index >= 15 is 0 Å². The number of likely N-dealkylation sites (tertiary alicyclic amines) is 1. The summed E-state index contributed by atoms with van der Waals surface area (Å²) in [4.78, 5) is 26.2. The Bertz CT molecular complexity index is 847. The molecule has 0 aliphatic carbocycles. The highest BCUT2D eigenvalue weighted by Crippen LogP contribution is 2.32. The highest BCUT2D eigenvalue weighted by atomic mass is 19.1. The molecule has 0 spiro atoms. The minimum atomic E-state index is -0.670. The number of aliphatic hydroxyl groups is 1. The Hall–Kier alpha value is -2.67. The zero-order chi connectivity index (χ0) is 18.1. The summed E-state index contributed by atoms with van der Waals surface area (Å²) < 4.78 is 14.4. The Morgan fingerprint density at radius 2 is 1.96 bits per heavy atom. The van der Waals surface area contributed by atoms with Gasteiger partial charge >= 0.3 is 0 Å². The molecule has 0 unspecified atom stereocenters. The fraction of sp³-hybridized carbons (Fsp3) is 0.333. The van der Waals surface area contributed by atoms with E-state index in [0.717, 1.165) is 11.6 Å². The van der Waals surface area contributed by atoms with E-state index in [1.54, 1.807) is 19.1 Å². The van der Waals surface area contributed by atoms with E-state index in [9.17, 15) is 24.2 Å². The first-order valence-electron chi connectivity index (χ1n) is 7.98. The molecule has 25 heavy (non-hydrogen) atoms. The van der Waals surface area contributed by atoms with Gasteiger partial charge in [-0.25, -0.2) is 4.39 Å². The first-order chi connectivity index (χ1) is 11.8. The number of carbonyl (C=O) groups is 1. The molecule has 1 aromatic heterocycles. The quantitative estimate of drug-likeness (QED) is 0.879. The third-order valence-corrected chi connectivity index (χ3v) is 4.47. The zero-order valence-corrected chi connectivity index (χ0v) is 13.7. The van der Waals surface area contributed by atoms with Crippen LogP contribution in [0.5, 0.6) is 5.75 Å². The first-order valence-corrected chi connectivity index (χ1v) is 7.98. The summed E-state index contributed by atoms with van der Waals surface area (Å²) in [5, 5.41) is 19.4. The van der Waals surface area contributed by atoms with Crippen LogP contribution in [0.25, 0.3) is 0 Å². The van der Waals surface area contributed by atoms with Crippen LogP contribution in [0, 0.1) is 12.7 Å². The molecule has 2 N–H and O–H groups in total. The lowest BCUT2D eigenvalue weighted by Crippen LogP contribution is -2.37. The lowest BCUT2D eigenvalue weighted by molar-refractivity contribution is -0.133. The van der Waals surface area contributed by atoms with E-state index < -0.39 is 11.7 Å². The number of rotatable bonds is 3. The van der Waals surface area contributed by atoms with Crippen LogP contribution in [0.3, 0.4) is 0 Å². The van der Waals surface area contributed by atoms with Crippen LogP contribution in [0.4, 0.5) is 4.39 Å². The smallest absolute Gasteiger partial charge is 0.254 e. The summed E-state index contributed by atoms with van der Waals surface area (Å²) in [5.41, 5.74) is 0.737. The van der Waals surface area contributed by atoms with Crippen molar-refractivity contribution in [1.82, 2.24) is 9.47 Å². The highest BCUT2D eigenvalue weighted by molar-refractivity contribution is 5.77. The van der Waals surface area contributed by atoms with Crippen molar-refractivity contribution in [2.24, 2.45) is 0 Å².